The van der Waals surface area contributed by atoms with Gasteiger partial charge in [-0.1, -0.05) is 0 Å². The molecule has 0 radical (unpaired) electrons. The van der Waals surface area contributed by atoms with Gasteiger partial charge < -0.3 is 15.0 Å². The summed E-state index contributed by atoms with van der Waals surface area (Å²) in [6.45, 7) is 4.15. The zero-order valence-corrected chi connectivity index (χ0v) is 12.5. The van der Waals surface area contributed by atoms with Crippen LogP contribution in [0.3, 0.4) is 0 Å². The number of hydrogen-bond donors (Lipinski definition) is 1. The number of rotatable bonds is 3. The van der Waals surface area contributed by atoms with Crippen LogP contribution in [-0.4, -0.2) is 36.1 Å². The highest BCUT2D eigenvalue weighted by molar-refractivity contribution is 9.10. The lowest BCUT2D eigenvalue weighted by Gasteiger charge is -2.29. The van der Waals surface area contributed by atoms with Gasteiger partial charge >= 0.3 is 0 Å². The van der Waals surface area contributed by atoms with E-state index >= 15 is 0 Å². The lowest BCUT2D eigenvalue weighted by atomic mass is 10.2. The van der Waals surface area contributed by atoms with Gasteiger partial charge in [0.25, 0.3) is 0 Å². The first kappa shape index (κ1) is 13.3. The van der Waals surface area contributed by atoms with Crippen molar-refractivity contribution in [3.63, 3.8) is 0 Å². The molecule has 0 spiro atoms. The largest absolute Gasteiger partial charge is 0.438 e. The first-order valence-electron chi connectivity index (χ1n) is 6.52. The Bertz CT molecular complexity index is 570. The van der Waals surface area contributed by atoms with Crippen LogP contribution in [0.15, 0.2) is 41.3 Å². The van der Waals surface area contributed by atoms with Gasteiger partial charge in [0, 0.05) is 38.1 Å². The zero-order valence-electron chi connectivity index (χ0n) is 10.9. The molecule has 1 fully saturated rings. The van der Waals surface area contributed by atoms with Crippen molar-refractivity contribution >= 4 is 21.6 Å². The monoisotopic (exact) mass is 334 g/mol. The molecule has 0 amide bonds. The Morgan fingerprint density at radius 2 is 1.90 bits per heavy atom. The molecule has 0 bridgehead atoms. The summed E-state index contributed by atoms with van der Waals surface area (Å²) >= 11 is 3.37. The molecular formula is C14H15BrN4O. The van der Waals surface area contributed by atoms with E-state index in [1.54, 1.807) is 6.20 Å². The molecule has 1 aromatic carbocycles. The van der Waals surface area contributed by atoms with Crippen molar-refractivity contribution in [3.8, 4) is 11.6 Å². The molecule has 0 atom stereocenters. The van der Waals surface area contributed by atoms with Gasteiger partial charge in [-0.3, -0.25) is 0 Å². The second kappa shape index (κ2) is 6.19. The number of hydrogen-bond acceptors (Lipinski definition) is 5. The maximum atomic E-state index is 5.72. The van der Waals surface area contributed by atoms with Crippen LogP contribution in [-0.2, 0) is 0 Å². The molecule has 1 aromatic heterocycles. The number of ether oxygens (including phenoxy) is 1. The Morgan fingerprint density at radius 3 is 2.60 bits per heavy atom. The Morgan fingerprint density at radius 1 is 1.15 bits per heavy atom. The quantitative estimate of drug-likeness (QED) is 0.934. The zero-order chi connectivity index (χ0) is 13.8. The topological polar surface area (TPSA) is 50.3 Å². The lowest BCUT2D eigenvalue weighted by molar-refractivity contribution is 0.458. The van der Waals surface area contributed by atoms with E-state index in [1.807, 2.05) is 12.1 Å². The van der Waals surface area contributed by atoms with Gasteiger partial charge in [0.1, 0.15) is 12.1 Å². The van der Waals surface area contributed by atoms with Crippen LogP contribution in [0.2, 0.25) is 0 Å². The summed E-state index contributed by atoms with van der Waals surface area (Å²) in [4.78, 5) is 10.4. The highest BCUT2D eigenvalue weighted by atomic mass is 79.9. The standard InChI is InChI=1S/C14H15BrN4O/c15-13-9-17-10-18-14(13)20-12-3-1-11(2-4-12)19-7-5-16-6-8-19/h1-4,9-10,16H,5-8H2. The minimum atomic E-state index is 0.523. The van der Waals surface area contributed by atoms with Crippen molar-refractivity contribution in [2.45, 2.75) is 0 Å². The molecule has 2 aromatic rings. The summed E-state index contributed by atoms with van der Waals surface area (Å²) in [6, 6.07) is 8.09. The fourth-order valence-corrected chi connectivity index (χ4v) is 2.44. The normalized spacial score (nSPS) is 15.2. The van der Waals surface area contributed by atoms with Gasteiger partial charge in [-0.05, 0) is 40.2 Å². The van der Waals surface area contributed by atoms with E-state index in [4.69, 9.17) is 4.74 Å². The van der Waals surface area contributed by atoms with Crippen LogP contribution in [0, 0.1) is 0 Å². The molecule has 6 heteroatoms. The van der Waals surface area contributed by atoms with E-state index in [2.05, 4.69) is 48.2 Å². The minimum Gasteiger partial charge on any atom is -0.438 e. The van der Waals surface area contributed by atoms with Crippen molar-refractivity contribution in [1.29, 1.82) is 0 Å². The average Bonchev–Trinajstić information content (AvgIpc) is 2.51. The molecule has 1 saturated heterocycles. The summed E-state index contributed by atoms with van der Waals surface area (Å²) in [5.41, 5.74) is 1.22. The highest BCUT2D eigenvalue weighted by Gasteiger charge is 2.10. The summed E-state index contributed by atoms with van der Waals surface area (Å²) in [5.74, 6) is 1.29. The van der Waals surface area contributed by atoms with Gasteiger partial charge in [-0.2, -0.15) is 0 Å². The Labute approximate surface area is 126 Å². The van der Waals surface area contributed by atoms with Crippen LogP contribution < -0.4 is 15.0 Å². The number of nitrogens with zero attached hydrogens (tertiary/aromatic N) is 3. The van der Waals surface area contributed by atoms with Crippen LogP contribution >= 0.6 is 15.9 Å². The van der Waals surface area contributed by atoms with Crippen LogP contribution in [0.4, 0.5) is 5.69 Å². The average molecular weight is 335 g/mol. The Hall–Kier alpha value is -1.66. The Kier molecular flexibility index (Phi) is 4.13. The summed E-state index contributed by atoms with van der Waals surface area (Å²) in [5, 5.41) is 3.35. The molecule has 0 saturated carbocycles. The summed E-state index contributed by atoms with van der Waals surface area (Å²) in [7, 11) is 0. The summed E-state index contributed by atoms with van der Waals surface area (Å²) < 4.78 is 6.46. The molecule has 0 unspecified atom stereocenters. The van der Waals surface area contributed by atoms with E-state index in [1.165, 1.54) is 12.0 Å². The second-order valence-electron chi connectivity index (χ2n) is 4.51. The van der Waals surface area contributed by atoms with E-state index in [0.29, 0.717) is 5.88 Å². The van der Waals surface area contributed by atoms with E-state index < -0.39 is 0 Å². The number of piperazine rings is 1. The van der Waals surface area contributed by atoms with Gasteiger partial charge in [0.2, 0.25) is 5.88 Å². The predicted molar refractivity (Wildman–Crippen MR) is 81.3 cm³/mol. The molecule has 2 heterocycles. The number of halogens is 1. The molecule has 1 aliphatic rings. The van der Waals surface area contributed by atoms with Crippen molar-refractivity contribution in [1.82, 2.24) is 15.3 Å². The molecule has 3 rings (SSSR count). The molecular weight excluding hydrogens is 320 g/mol. The summed E-state index contributed by atoms with van der Waals surface area (Å²) in [6.07, 6.45) is 3.13. The van der Waals surface area contributed by atoms with E-state index in [9.17, 15) is 0 Å². The number of anilines is 1. The van der Waals surface area contributed by atoms with Gasteiger partial charge in [0.15, 0.2) is 0 Å². The maximum Gasteiger partial charge on any atom is 0.236 e. The highest BCUT2D eigenvalue weighted by Crippen LogP contribution is 2.27. The fraction of sp³-hybridized carbons (Fsp3) is 0.286. The van der Waals surface area contributed by atoms with Gasteiger partial charge in [-0.15, -0.1) is 0 Å². The van der Waals surface area contributed by atoms with Crippen LogP contribution in [0.5, 0.6) is 11.6 Å². The number of benzene rings is 1. The van der Waals surface area contributed by atoms with Crippen molar-refractivity contribution in [3.05, 3.63) is 41.3 Å². The molecule has 0 aliphatic carbocycles. The van der Waals surface area contributed by atoms with Gasteiger partial charge in [-0.25, -0.2) is 9.97 Å². The first-order chi connectivity index (χ1) is 9.83. The third-order valence-corrected chi connectivity index (χ3v) is 3.71. The maximum absolute atomic E-state index is 5.72. The minimum absolute atomic E-state index is 0.523. The SMILES string of the molecule is Brc1cncnc1Oc1ccc(N2CCNCC2)cc1. The molecule has 1 aliphatic heterocycles. The third-order valence-electron chi connectivity index (χ3n) is 3.17. The predicted octanol–water partition coefficient (Wildman–Crippen LogP) is 2.44. The van der Waals surface area contributed by atoms with Gasteiger partial charge in [0.05, 0.1) is 4.47 Å². The number of aromatic nitrogens is 2. The third kappa shape index (κ3) is 3.08. The Balaban J connectivity index is 1.71. The van der Waals surface area contributed by atoms with E-state index in [0.717, 1.165) is 36.4 Å². The fourth-order valence-electron chi connectivity index (χ4n) is 2.14. The van der Waals surface area contributed by atoms with Crippen LogP contribution in [0.1, 0.15) is 0 Å². The number of nitrogens with one attached hydrogen (secondary N) is 1. The first-order valence-corrected chi connectivity index (χ1v) is 7.31. The molecule has 20 heavy (non-hydrogen) atoms. The lowest BCUT2D eigenvalue weighted by Crippen LogP contribution is -2.43. The van der Waals surface area contributed by atoms with Crippen LogP contribution in [0.25, 0.3) is 0 Å². The molecule has 1 N–H and O–H groups in total. The molecule has 104 valence electrons. The van der Waals surface area contributed by atoms with Crippen molar-refractivity contribution < 1.29 is 4.74 Å². The molecule has 5 nitrogen and oxygen atoms in total. The second-order valence-corrected chi connectivity index (χ2v) is 5.36. The van der Waals surface area contributed by atoms with Crippen molar-refractivity contribution in [2.75, 3.05) is 31.1 Å². The van der Waals surface area contributed by atoms with Crippen molar-refractivity contribution in [2.24, 2.45) is 0 Å². The smallest absolute Gasteiger partial charge is 0.236 e. The van der Waals surface area contributed by atoms with E-state index in [-0.39, 0.29) is 0 Å².